The first-order valence-corrected chi connectivity index (χ1v) is 4.86. The summed E-state index contributed by atoms with van der Waals surface area (Å²) in [7, 11) is 0. The van der Waals surface area contributed by atoms with Crippen LogP contribution < -0.4 is 0 Å². The lowest BCUT2D eigenvalue weighted by Crippen LogP contribution is -2.21. The van der Waals surface area contributed by atoms with Crippen molar-refractivity contribution in [3.8, 4) is 0 Å². The highest BCUT2D eigenvalue weighted by Crippen LogP contribution is 2.37. The summed E-state index contributed by atoms with van der Waals surface area (Å²) in [6.45, 7) is 7.97. The standard InChI is InChI=1S/C11H18O2/c1-9(2)10(12)13-8-11(3)6-4-5-7-11/h1,4-8H2,2-3H3. The molecule has 1 aliphatic rings. The smallest absolute Gasteiger partial charge is 0.333 e. The molecule has 0 unspecified atom stereocenters. The molecule has 13 heavy (non-hydrogen) atoms. The fourth-order valence-corrected chi connectivity index (χ4v) is 1.74. The number of rotatable bonds is 3. The van der Waals surface area contributed by atoms with Crippen LogP contribution in [-0.2, 0) is 9.53 Å². The van der Waals surface area contributed by atoms with Crippen molar-refractivity contribution in [3.63, 3.8) is 0 Å². The molecule has 1 fully saturated rings. The molecular formula is C11H18O2. The number of carbonyl (C=O) groups is 1. The van der Waals surface area contributed by atoms with E-state index in [2.05, 4.69) is 13.5 Å². The molecule has 1 rings (SSSR count). The highest BCUT2D eigenvalue weighted by molar-refractivity contribution is 5.86. The first-order valence-electron chi connectivity index (χ1n) is 4.86. The highest BCUT2D eigenvalue weighted by atomic mass is 16.5. The van der Waals surface area contributed by atoms with E-state index in [1.54, 1.807) is 6.92 Å². The van der Waals surface area contributed by atoms with E-state index in [-0.39, 0.29) is 11.4 Å². The SMILES string of the molecule is C=C(C)C(=O)OCC1(C)CCCC1. The second kappa shape index (κ2) is 3.95. The summed E-state index contributed by atoms with van der Waals surface area (Å²) in [5.41, 5.74) is 0.715. The van der Waals surface area contributed by atoms with Crippen molar-refractivity contribution in [3.05, 3.63) is 12.2 Å². The van der Waals surface area contributed by atoms with E-state index in [1.165, 1.54) is 25.7 Å². The van der Waals surface area contributed by atoms with Gasteiger partial charge in [-0.2, -0.15) is 0 Å². The van der Waals surface area contributed by atoms with Crippen LogP contribution in [0, 0.1) is 5.41 Å². The summed E-state index contributed by atoms with van der Waals surface area (Å²) in [4.78, 5) is 11.1. The Hall–Kier alpha value is -0.790. The zero-order valence-corrected chi connectivity index (χ0v) is 8.56. The number of esters is 1. The van der Waals surface area contributed by atoms with Gasteiger partial charge >= 0.3 is 5.97 Å². The summed E-state index contributed by atoms with van der Waals surface area (Å²) in [6, 6.07) is 0. The zero-order valence-electron chi connectivity index (χ0n) is 8.56. The van der Waals surface area contributed by atoms with Gasteiger partial charge in [-0.25, -0.2) is 4.79 Å². The Labute approximate surface area is 80.0 Å². The summed E-state index contributed by atoms with van der Waals surface area (Å²) in [5.74, 6) is -0.256. The van der Waals surface area contributed by atoms with E-state index >= 15 is 0 Å². The van der Waals surface area contributed by atoms with Crippen LogP contribution in [0.1, 0.15) is 39.5 Å². The van der Waals surface area contributed by atoms with Gasteiger partial charge in [0.1, 0.15) is 0 Å². The Morgan fingerprint density at radius 1 is 1.46 bits per heavy atom. The van der Waals surface area contributed by atoms with Gasteiger partial charge in [0.15, 0.2) is 0 Å². The molecule has 1 aliphatic carbocycles. The third-order valence-electron chi connectivity index (χ3n) is 2.71. The minimum Gasteiger partial charge on any atom is -0.462 e. The summed E-state index contributed by atoms with van der Waals surface area (Å²) >= 11 is 0. The van der Waals surface area contributed by atoms with Gasteiger partial charge in [0.05, 0.1) is 6.61 Å². The van der Waals surface area contributed by atoms with Crippen molar-refractivity contribution in [2.24, 2.45) is 5.41 Å². The Kier molecular flexibility index (Phi) is 3.12. The topological polar surface area (TPSA) is 26.3 Å². The lowest BCUT2D eigenvalue weighted by Gasteiger charge is -2.22. The molecule has 0 saturated heterocycles. The van der Waals surface area contributed by atoms with Crippen LogP contribution in [0.4, 0.5) is 0 Å². The van der Waals surface area contributed by atoms with Gasteiger partial charge in [-0.3, -0.25) is 0 Å². The third-order valence-corrected chi connectivity index (χ3v) is 2.71. The number of ether oxygens (including phenoxy) is 1. The molecule has 0 heterocycles. The van der Waals surface area contributed by atoms with Crippen molar-refractivity contribution in [1.82, 2.24) is 0 Å². The monoisotopic (exact) mass is 182 g/mol. The zero-order chi connectivity index (χ0) is 9.90. The molecule has 74 valence electrons. The molecule has 2 heteroatoms. The van der Waals surface area contributed by atoms with Gasteiger partial charge in [0.2, 0.25) is 0 Å². The maximum atomic E-state index is 11.1. The van der Waals surface area contributed by atoms with Gasteiger partial charge in [-0.1, -0.05) is 26.3 Å². The van der Waals surface area contributed by atoms with Gasteiger partial charge in [0, 0.05) is 11.0 Å². The van der Waals surface area contributed by atoms with Gasteiger partial charge in [-0.05, 0) is 19.8 Å². The normalized spacial score (nSPS) is 19.8. The van der Waals surface area contributed by atoms with Crippen molar-refractivity contribution in [1.29, 1.82) is 0 Å². The second-order valence-electron chi connectivity index (χ2n) is 4.37. The van der Waals surface area contributed by atoms with Crippen LogP contribution in [0.25, 0.3) is 0 Å². The largest absolute Gasteiger partial charge is 0.462 e. The molecule has 0 spiro atoms. The van der Waals surface area contributed by atoms with Crippen LogP contribution >= 0.6 is 0 Å². The lowest BCUT2D eigenvalue weighted by molar-refractivity contribution is -0.142. The lowest BCUT2D eigenvalue weighted by atomic mass is 9.90. The molecule has 0 bridgehead atoms. The van der Waals surface area contributed by atoms with Crippen LogP contribution in [0.2, 0.25) is 0 Å². The van der Waals surface area contributed by atoms with E-state index in [9.17, 15) is 4.79 Å². The highest BCUT2D eigenvalue weighted by Gasteiger charge is 2.30. The van der Waals surface area contributed by atoms with Crippen molar-refractivity contribution >= 4 is 5.97 Å². The molecule has 1 saturated carbocycles. The predicted molar refractivity (Wildman–Crippen MR) is 52.3 cm³/mol. The first kappa shape index (κ1) is 10.3. The van der Waals surface area contributed by atoms with Crippen LogP contribution in [0.5, 0.6) is 0 Å². The Bertz CT molecular complexity index is 212. The summed E-state index contributed by atoms with van der Waals surface area (Å²) in [5, 5.41) is 0. The van der Waals surface area contributed by atoms with Crippen molar-refractivity contribution in [2.45, 2.75) is 39.5 Å². The van der Waals surface area contributed by atoms with Gasteiger partial charge in [0.25, 0.3) is 0 Å². The number of hydrogen-bond acceptors (Lipinski definition) is 2. The Morgan fingerprint density at radius 2 is 2.00 bits per heavy atom. The molecule has 0 aromatic carbocycles. The molecular weight excluding hydrogens is 164 g/mol. The third kappa shape index (κ3) is 2.87. The molecule has 2 nitrogen and oxygen atoms in total. The van der Waals surface area contributed by atoms with Crippen LogP contribution in [0.3, 0.4) is 0 Å². The van der Waals surface area contributed by atoms with Crippen molar-refractivity contribution in [2.75, 3.05) is 6.61 Å². The fraction of sp³-hybridized carbons (Fsp3) is 0.727. The second-order valence-corrected chi connectivity index (χ2v) is 4.37. The van der Waals surface area contributed by atoms with E-state index in [1.807, 2.05) is 0 Å². The molecule has 0 N–H and O–H groups in total. The molecule has 0 aliphatic heterocycles. The molecule has 0 aromatic rings. The molecule has 0 radical (unpaired) electrons. The van der Waals surface area contributed by atoms with E-state index < -0.39 is 0 Å². The maximum absolute atomic E-state index is 11.1. The van der Waals surface area contributed by atoms with E-state index in [0.29, 0.717) is 12.2 Å². The molecule has 0 atom stereocenters. The van der Waals surface area contributed by atoms with Gasteiger partial charge < -0.3 is 4.74 Å². The quantitative estimate of drug-likeness (QED) is 0.495. The fourth-order valence-electron chi connectivity index (χ4n) is 1.74. The minimum atomic E-state index is -0.256. The van der Waals surface area contributed by atoms with Crippen LogP contribution in [-0.4, -0.2) is 12.6 Å². The molecule has 0 amide bonds. The summed E-state index contributed by atoms with van der Waals surface area (Å²) < 4.78 is 5.15. The molecule has 0 aromatic heterocycles. The van der Waals surface area contributed by atoms with Crippen LogP contribution in [0.15, 0.2) is 12.2 Å². The van der Waals surface area contributed by atoms with E-state index in [4.69, 9.17) is 4.74 Å². The average molecular weight is 182 g/mol. The predicted octanol–water partition coefficient (Wildman–Crippen LogP) is 2.69. The average Bonchev–Trinajstić information content (AvgIpc) is 2.48. The maximum Gasteiger partial charge on any atom is 0.333 e. The van der Waals surface area contributed by atoms with Crippen molar-refractivity contribution < 1.29 is 9.53 Å². The first-order chi connectivity index (χ1) is 6.03. The number of hydrogen-bond donors (Lipinski definition) is 0. The Morgan fingerprint density at radius 3 is 2.46 bits per heavy atom. The minimum absolute atomic E-state index is 0.227. The van der Waals surface area contributed by atoms with Gasteiger partial charge in [-0.15, -0.1) is 0 Å². The number of carbonyl (C=O) groups excluding carboxylic acids is 1. The van der Waals surface area contributed by atoms with E-state index in [0.717, 1.165) is 0 Å². The Balaban J connectivity index is 2.33. The summed E-state index contributed by atoms with van der Waals surface area (Å²) in [6.07, 6.45) is 4.88.